The molecule has 6 heteroatoms. The summed E-state index contributed by atoms with van der Waals surface area (Å²) in [6.45, 7) is 0. The quantitative estimate of drug-likeness (QED) is 0.371. The molecule has 3 N–H and O–H groups in total. The highest BCUT2D eigenvalue weighted by molar-refractivity contribution is 6.44. The lowest BCUT2D eigenvalue weighted by Crippen LogP contribution is -2.01. The number of aromatic nitrogens is 2. The Labute approximate surface area is 159 Å². The van der Waals surface area contributed by atoms with E-state index in [4.69, 9.17) is 28.9 Å². The third kappa shape index (κ3) is 2.83. The lowest BCUT2D eigenvalue weighted by molar-refractivity contribution is 0.104. The predicted molar refractivity (Wildman–Crippen MR) is 106 cm³/mol. The fourth-order valence-corrected chi connectivity index (χ4v) is 3.28. The minimum absolute atomic E-state index is 0.213. The van der Waals surface area contributed by atoms with Crippen LogP contribution in [0.15, 0.2) is 60.9 Å². The van der Waals surface area contributed by atoms with Gasteiger partial charge < -0.3 is 10.7 Å². The molecule has 0 aliphatic rings. The van der Waals surface area contributed by atoms with Crippen molar-refractivity contribution in [3.05, 3.63) is 82.1 Å². The molecule has 4 aromatic rings. The molecular formula is C20H13Cl2N3O. The Morgan fingerprint density at radius 3 is 2.62 bits per heavy atom. The molecule has 2 heterocycles. The molecule has 0 saturated carbocycles. The molecule has 0 aliphatic carbocycles. The SMILES string of the molecule is Nc1cccc(-c2cnc3[nH]cc(C(=O)c4cccc(Cl)c4Cl)c3c2)c1. The van der Waals surface area contributed by atoms with Crippen molar-refractivity contribution in [1.29, 1.82) is 0 Å². The van der Waals surface area contributed by atoms with Gasteiger partial charge in [-0.3, -0.25) is 4.79 Å². The summed E-state index contributed by atoms with van der Waals surface area (Å²) in [5.41, 5.74) is 9.80. The van der Waals surface area contributed by atoms with Crippen LogP contribution in [0.25, 0.3) is 22.2 Å². The number of rotatable bonds is 3. The van der Waals surface area contributed by atoms with Crippen molar-refractivity contribution in [1.82, 2.24) is 9.97 Å². The van der Waals surface area contributed by atoms with Gasteiger partial charge in [0.25, 0.3) is 0 Å². The highest BCUT2D eigenvalue weighted by atomic mass is 35.5. The molecule has 0 unspecified atom stereocenters. The number of nitrogen functional groups attached to an aromatic ring is 1. The zero-order valence-electron chi connectivity index (χ0n) is 13.5. The first-order valence-corrected chi connectivity index (χ1v) is 8.62. The minimum Gasteiger partial charge on any atom is -0.399 e. The number of ketones is 1. The highest BCUT2D eigenvalue weighted by Crippen LogP contribution is 2.31. The van der Waals surface area contributed by atoms with Crippen LogP contribution in [0.1, 0.15) is 15.9 Å². The molecule has 0 saturated heterocycles. The number of nitrogens with one attached hydrogen (secondary N) is 1. The maximum absolute atomic E-state index is 13.0. The van der Waals surface area contributed by atoms with Gasteiger partial charge in [-0.05, 0) is 35.9 Å². The van der Waals surface area contributed by atoms with Gasteiger partial charge in [-0.15, -0.1) is 0 Å². The van der Waals surface area contributed by atoms with Gasteiger partial charge in [0, 0.05) is 40.2 Å². The molecule has 0 aliphatic heterocycles. The van der Waals surface area contributed by atoms with Crippen LogP contribution in [0.3, 0.4) is 0 Å². The molecule has 2 aromatic heterocycles. The van der Waals surface area contributed by atoms with E-state index in [1.54, 1.807) is 30.6 Å². The minimum atomic E-state index is -0.213. The van der Waals surface area contributed by atoms with Crippen molar-refractivity contribution in [2.45, 2.75) is 0 Å². The standard InChI is InChI=1S/C20H13Cl2N3O/c21-17-6-2-5-14(18(17)22)19(26)16-10-25-20-15(16)8-12(9-24-20)11-3-1-4-13(23)7-11/h1-10H,23H2,(H,24,25). The van der Waals surface area contributed by atoms with Crippen molar-refractivity contribution >= 4 is 45.7 Å². The molecular weight excluding hydrogens is 369 g/mol. The summed E-state index contributed by atoms with van der Waals surface area (Å²) < 4.78 is 0. The van der Waals surface area contributed by atoms with Gasteiger partial charge in [0.2, 0.25) is 0 Å². The number of aromatic amines is 1. The molecule has 0 fully saturated rings. The van der Waals surface area contributed by atoms with Crippen molar-refractivity contribution in [3.8, 4) is 11.1 Å². The lowest BCUT2D eigenvalue weighted by atomic mass is 10.0. The Balaban J connectivity index is 1.85. The van der Waals surface area contributed by atoms with E-state index in [9.17, 15) is 4.79 Å². The van der Waals surface area contributed by atoms with E-state index in [0.29, 0.717) is 32.9 Å². The van der Waals surface area contributed by atoms with Gasteiger partial charge in [-0.1, -0.05) is 41.4 Å². The maximum atomic E-state index is 13.0. The Bertz CT molecular complexity index is 1150. The Kier molecular flexibility index (Phi) is 4.15. The normalized spacial score (nSPS) is 11.0. The van der Waals surface area contributed by atoms with Crippen molar-refractivity contribution in [2.24, 2.45) is 0 Å². The average molecular weight is 382 g/mol. The Morgan fingerprint density at radius 1 is 1.00 bits per heavy atom. The number of nitrogens with two attached hydrogens (primary N) is 1. The van der Waals surface area contributed by atoms with Crippen LogP contribution in [0.2, 0.25) is 10.0 Å². The number of hydrogen-bond donors (Lipinski definition) is 2. The third-order valence-electron chi connectivity index (χ3n) is 4.19. The largest absolute Gasteiger partial charge is 0.399 e. The van der Waals surface area contributed by atoms with Crippen LogP contribution in [0.5, 0.6) is 0 Å². The van der Waals surface area contributed by atoms with Crippen molar-refractivity contribution in [3.63, 3.8) is 0 Å². The van der Waals surface area contributed by atoms with Crippen molar-refractivity contribution < 1.29 is 4.79 Å². The van der Waals surface area contributed by atoms with E-state index in [0.717, 1.165) is 11.1 Å². The van der Waals surface area contributed by atoms with Gasteiger partial charge in [0.1, 0.15) is 5.65 Å². The molecule has 4 nitrogen and oxygen atoms in total. The summed E-state index contributed by atoms with van der Waals surface area (Å²) >= 11 is 12.2. The number of nitrogens with zero attached hydrogens (tertiary/aromatic N) is 1. The van der Waals surface area contributed by atoms with Gasteiger partial charge in [-0.2, -0.15) is 0 Å². The molecule has 0 atom stereocenters. The molecule has 0 bridgehead atoms. The highest BCUT2D eigenvalue weighted by Gasteiger charge is 2.19. The molecule has 0 radical (unpaired) electrons. The van der Waals surface area contributed by atoms with E-state index in [-0.39, 0.29) is 10.8 Å². The van der Waals surface area contributed by atoms with Crippen LogP contribution >= 0.6 is 23.2 Å². The van der Waals surface area contributed by atoms with Crippen LogP contribution in [0, 0.1) is 0 Å². The van der Waals surface area contributed by atoms with E-state index in [2.05, 4.69) is 9.97 Å². The zero-order chi connectivity index (χ0) is 18.3. The summed E-state index contributed by atoms with van der Waals surface area (Å²) in [6.07, 6.45) is 3.38. The van der Waals surface area contributed by atoms with Gasteiger partial charge in [-0.25, -0.2) is 4.98 Å². The fraction of sp³-hybridized carbons (Fsp3) is 0. The first-order valence-electron chi connectivity index (χ1n) is 7.86. The molecule has 128 valence electrons. The molecule has 4 rings (SSSR count). The number of fused-ring (bicyclic) bond motifs is 1. The van der Waals surface area contributed by atoms with Crippen molar-refractivity contribution in [2.75, 3.05) is 5.73 Å². The van der Waals surface area contributed by atoms with E-state index < -0.39 is 0 Å². The third-order valence-corrected chi connectivity index (χ3v) is 5.01. The number of carbonyl (C=O) groups excluding carboxylic acids is 1. The van der Waals surface area contributed by atoms with Gasteiger partial charge in [0.15, 0.2) is 5.78 Å². The number of halogens is 2. The lowest BCUT2D eigenvalue weighted by Gasteiger charge is -2.06. The fourth-order valence-electron chi connectivity index (χ4n) is 2.89. The van der Waals surface area contributed by atoms with Crippen LogP contribution in [-0.4, -0.2) is 15.8 Å². The maximum Gasteiger partial charge on any atom is 0.196 e. The number of anilines is 1. The number of hydrogen-bond acceptors (Lipinski definition) is 3. The van der Waals surface area contributed by atoms with E-state index in [1.165, 1.54) is 0 Å². The van der Waals surface area contributed by atoms with Crippen LogP contribution in [0.4, 0.5) is 5.69 Å². The summed E-state index contributed by atoms with van der Waals surface area (Å²) in [7, 11) is 0. The first kappa shape index (κ1) is 16.6. The summed E-state index contributed by atoms with van der Waals surface area (Å²) in [5.74, 6) is -0.213. The predicted octanol–water partition coefficient (Wildman–Crippen LogP) is 5.35. The number of pyridine rings is 1. The molecule has 0 amide bonds. The molecule has 2 aromatic carbocycles. The number of carbonyl (C=O) groups is 1. The van der Waals surface area contributed by atoms with Gasteiger partial charge >= 0.3 is 0 Å². The second-order valence-corrected chi connectivity index (χ2v) is 6.66. The topological polar surface area (TPSA) is 71.8 Å². The average Bonchev–Trinajstić information content (AvgIpc) is 3.06. The summed E-state index contributed by atoms with van der Waals surface area (Å²) in [5, 5.41) is 1.30. The second-order valence-electron chi connectivity index (χ2n) is 5.88. The van der Waals surface area contributed by atoms with Crippen LogP contribution < -0.4 is 5.73 Å². The first-order chi connectivity index (χ1) is 12.5. The smallest absolute Gasteiger partial charge is 0.196 e. The molecule has 0 spiro atoms. The number of H-pyrrole nitrogens is 1. The van der Waals surface area contributed by atoms with Crippen LogP contribution in [-0.2, 0) is 0 Å². The molecule has 26 heavy (non-hydrogen) atoms. The van der Waals surface area contributed by atoms with E-state index in [1.807, 2.05) is 30.3 Å². The summed E-state index contributed by atoms with van der Waals surface area (Å²) in [6, 6.07) is 14.4. The zero-order valence-corrected chi connectivity index (χ0v) is 15.0. The van der Waals surface area contributed by atoms with E-state index >= 15 is 0 Å². The van der Waals surface area contributed by atoms with Gasteiger partial charge in [0.05, 0.1) is 10.0 Å². The number of benzene rings is 2. The Hall–Kier alpha value is -2.82. The Morgan fingerprint density at radius 2 is 1.81 bits per heavy atom. The summed E-state index contributed by atoms with van der Waals surface area (Å²) in [4.78, 5) is 20.4. The monoisotopic (exact) mass is 381 g/mol. The second kappa shape index (κ2) is 6.48.